The molecule has 0 aliphatic carbocycles. The van der Waals surface area contributed by atoms with Gasteiger partial charge >= 0.3 is 0 Å². The van der Waals surface area contributed by atoms with E-state index in [2.05, 4.69) is 73.7 Å². The fourth-order valence-corrected chi connectivity index (χ4v) is 3.75. The van der Waals surface area contributed by atoms with Gasteiger partial charge in [0.1, 0.15) is 11.3 Å². The van der Waals surface area contributed by atoms with Gasteiger partial charge in [-0.1, -0.05) is 49.4 Å². The summed E-state index contributed by atoms with van der Waals surface area (Å²) in [5.41, 5.74) is 1.02. The summed E-state index contributed by atoms with van der Waals surface area (Å²) in [7, 11) is 0. The maximum Gasteiger partial charge on any atom is 0.142 e. The van der Waals surface area contributed by atoms with Gasteiger partial charge in [0.05, 0.1) is 0 Å². The van der Waals surface area contributed by atoms with Crippen LogP contribution in [0.4, 0.5) is 0 Å². The Kier molecular flexibility index (Phi) is 2.90. The molecule has 1 nitrogen and oxygen atoms in total. The Balaban J connectivity index is 1.89. The van der Waals surface area contributed by atoms with E-state index >= 15 is 0 Å². The molecular formula is C23H18O. The molecule has 1 heterocycles. The van der Waals surface area contributed by atoms with E-state index in [-0.39, 0.29) is 0 Å². The molecule has 0 saturated heterocycles. The van der Waals surface area contributed by atoms with Crippen molar-refractivity contribution >= 4 is 43.3 Å². The third kappa shape index (κ3) is 1.94. The van der Waals surface area contributed by atoms with Gasteiger partial charge in [0.25, 0.3) is 0 Å². The summed E-state index contributed by atoms with van der Waals surface area (Å²) in [6.07, 6.45) is 2.10. The van der Waals surface area contributed by atoms with Crippen molar-refractivity contribution in [2.24, 2.45) is 0 Å². The lowest BCUT2D eigenvalue weighted by Gasteiger charge is -2.07. The average Bonchev–Trinajstić information content (AvgIpc) is 3.03. The van der Waals surface area contributed by atoms with Gasteiger partial charge in [0.2, 0.25) is 0 Å². The van der Waals surface area contributed by atoms with Gasteiger partial charge in [-0.25, -0.2) is 0 Å². The molecule has 4 aromatic carbocycles. The van der Waals surface area contributed by atoms with Crippen molar-refractivity contribution in [3.63, 3.8) is 0 Å². The molecule has 0 amide bonds. The number of aryl methyl sites for hydroxylation is 1. The van der Waals surface area contributed by atoms with Crippen LogP contribution in [0.5, 0.6) is 0 Å². The summed E-state index contributed by atoms with van der Waals surface area (Å²) in [4.78, 5) is 0. The normalized spacial score (nSPS) is 11.9. The third-order valence-electron chi connectivity index (χ3n) is 4.91. The molecule has 1 aromatic heterocycles. The van der Waals surface area contributed by atoms with Crippen LogP contribution >= 0.6 is 0 Å². The SMILES string of the molecule is CCCc1cc2ccc3c4cc5ccccc5cc4ccc3c2o1. The molecule has 0 N–H and O–H groups in total. The van der Waals surface area contributed by atoms with E-state index in [9.17, 15) is 0 Å². The van der Waals surface area contributed by atoms with Crippen LogP contribution in [-0.4, -0.2) is 0 Å². The molecule has 5 aromatic rings. The fourth-order valence-electron chi connectivity index (χ4n) is 3.75. The average molecular weight is 310 g/mol. The quantitative estimate of drug-likeness (QED) is 0.257. The first-order valence-electron chi connectivity index (χ1n) is 8.60. The molecule has 0 aliphatic rings. The van der Waals surface area contributed by atoms with Gasteiger partial charge in [-0.05, 0) is 57.6 Å². The zero-order valence-electron chi connectivity index (χ0n) is 13.7. The molecule has 116 valence electrons. The monoisotopic (exact) mass is 310 g/mol. The summed E-state index contributed by atoms with van der Waals surface area (Å²) < 4.78 is 6.16. The van der Waals surface area contributed by atoms with Crippen LogP contribution in [0.3, 0.4) is 0 Å². The summed E-state index contributed by atoms with van der Waals surface area (Å²) in [6, 6.07) is 24.1. The van der Waals surface area contributed by atoms with Gasteiger partial charge in [-0.2, -0.15) is 0 Å². The number of rotatable bonds is 2. The largest absolute Gasteiger partial charge is 0.460 e. The molecular weight excluding hydrogens is 292 g/mol. The van der Waals surface area contributed by atoms with Crippen LogP contribution in [0.25, 0.3) is 43.3 Å². The fraction of sp³-hybridized carbons (Fsp3) is 0.130. The zero-order chi connectivity index (χ0) is 16.1. The minimum atomic E-state index is 0.994. The van der Waals surface area contributed by atoms with Crippen molar-refractivity contribution in [2.75, 3.05) is 0 Å². The molecule has 5 rings (SSSR count). The number of furan rings is 1. The molecule has 0 aliphatic heterocycles. The van der Waals surface area contributed by atoms with E-state index in [0.29, 0.717) is 0 Å². The van der Waals surface area contributed by atoms with E-state index in [1.807, 2.05) is 0 Å². The maximum atomic E-state index is 6.16. The van der Waals surface area contributed by atoms with Crippen molar-refractivity contribution in [1.29, 1.82) is 0 Å². The molecule has 24 heavy (non-hydrogen) atoms. The van der Waals surface area contributed by atoms with E-state index < -0.39 is 0 Å². The third-order valence-corrected chi connectivity index (χ3v) is 4.91. The summed E-state index contributed by atoms with van der Waals surface area (Å²) in [5.74, 6) is 1.08. The zero-order valence-corrected chi connectivity index (χ0v) is 13.7. The first-order chi connectivity index (χ1) is 11.8. The van der Waals surface area contributed by atoms with Crippen molar-refractivity contribution in [3.8, 4) is 0 Å². The molecule has 0 radical (unpaired) electrons. The van der Waals surface area contributed by atoms with Gasteiger partial charge in [-0.15, -0.1) is 0 Å². The Bertz CT molecular complexity index is 1210. The van der Waals surface area contributed by atoms with Crippen molar-refractivity contribution in [3.05, 3.63) is 72.5 Å². The second kappa shape index (κ2) is 5.10. The second-order valence-electron chi connectivity index (χ2n) is 6.53. The van der Waals surface area contributed by atoms with E-state index in [4.69, 9.17) is 4.42 Å². The summed E-state index contributed by atoms with van der Waals surface area (Å²) >= 11 is 0. The molecule has 0 atom stereocenters. The lowest BCUT2D eigenvalue weighted by atomic mass is 9.97. The predicted molar refractivity (Wildman–Crippen MR) is 103 cm³/mol. The maximum absolute atomic E-state index is 6.16. The van der Waals surface area contributed by atoms with Crippen molar-refractivity contribution in [2.45, 2.75) is 19.8 Å². The molecule has 0 spiro atoms. The Labute approximate surface area is 140 Å². The summed E-state index contributed by atoms with van der Waals surface area (Å²) in [5, 5.41) is 8.81. The van der Waals surface area contributed by atoms with Gasteiger partial charge in [0, 0.05) is 17.2 Å². The van der Waals surface area contributed by atoms with E-state index in [1.165, 1.54) is 37.7 Å². The molecule has 1 heteroatoms. The smallest absolute Gasteiger partial charge is 0.142 e. The van der Waals surface area contributed by atoms with Crippen LogP contribution in [-0.2, 0) is 6.42 Å². The Morgan fingerprint density at radius 1 is 0.667 bits per heavy atom. The van der Waals surface area contributed by atoms with Gasteiger partial charge in [0.15, 0.2) is 0 Å². The number of fused-ring (bicyclic) bond motifs is 6. The number of hydrogen-bond donors (Lipinski definition) is 0. The number of benzene rings is 4. The Morgan fingerprint density at radius 3 is 2.25 bits per heavy atom. The highest BCUT2D eigenvalue weighted by Gasteiger charge is 2.10. The van der Waals surface area contributed by atoms with Crippen LogP contribution < -0.4 is 0 Å². The van der Waals surface area contributed by atoms with Crippen LogP contribution in [0.15, 0.2) is 71.1 Å². The van der Waals surface area contributed by atoms with Crippen LogP contribution in [0.2, 0.25) is 0 Å². The van der Waals surface area contributed by atoms with E-state index in [0.717, 1.165) is 24.2 Å². The lowest BCUT2D eigenvalue weighted by molar-refractivity contribution is 0.547. The van der Waals surface area contributed by atoms with Gasteiger partial charge in [-0.3, -0.25) is 0 Å². The van der Waals surface area contributed by atoms with Crippen molar-refractivity contribution in [1.82, 2.24) is 0 Å². The first-order valence-corrected chi connectivity index (χ1v) is 8.60. The highest BCUT2D eigenvalue weighted by molar-refractivity contribution is 6.17. The topological polar surface area (TPSA) is 13.1 Å². The highest BCUT2D eigenvalue weighted by Crippen LogP contribution is 2.34. The lowest BCUT2D eigenvalue weighted by Crippen LogP contribution is -1.80. The summed E-state index contributed by atoms with van der Waals surface area (Å²) in [6.45, 7) is 2.18. The molecule has 0 bridgehead atoms. The molecule has 0 saturated carbocycles. The minimum absolute atomic E-state index is 0.994. The predicted octanol–water partition coefficient (Wildman–Crippen LogP) is 6.84. The first kappa shape index (κ1) is 13.6. The Hall–Kier alpha value is -2.80. The van der Waals surface area contributed by atoms with Crippen LogP contribution in [0, 0.1) is 0 Å². The van der Waals surface area contributed by atoms with E-state index in [1.54, 1.807) is 0 Å². The minimum Gasteiger partial charge on any atom is -0.460 e. The Morgan fingerprint density at radius 2 is 1.42 bits per heavy atom. The second-order valence-corrected chi connectivity index (χ2v) is 6.53. The van der Waals surface area contributed by atoms with Gasteiger partial charge < -0.3 is 4.42 Å². The standard InChI is InChI=1S/C23H18O/c1-2-5-19-13-18-9-10-20-21(23(18)24-19)11-8-17-12-15-6-3-4-7-16(15)14-22(17)20/h3-4,6-14H,2,5H2,1H3. The molecule has 0 unspecified atom stereocenters. The van der Waals surface area contributed by atoms with Crippen molar-refractivity contribution < 1.29 is 4.42 Å². The highest BCUT2D eigenvalue weighted by atomic mass is 16.3. The number of hydrogen-bond acceptors (Lipinski definition) is 1. The molecule has 0 fully saturated rings. The van der Waals surface area contributed by atoms with Crippen LogP contribution in [0.1, 0.15) is 19.1 Å².